The summed E-state index contributed by atoms with van der Waals surface area (Å²) < 4.78 is 6.17. The summed E-state index contributed by atoms with van der Waals surface area (Å²) in [6, 6.07) is 1.99. The van der Waals surface area contributed by atoms with Crippen LogP contribution in [-0.4, -0.2) is 11.1 Å². The summed E-state index contributed by atoms with van der Waals surface area (Å²) in [7, 11) is 0. The van der Waals surface area contributed by atoms with Crippen LogP contribution >= 0.6 is 0 Å². The zero-order valence-corrected chi connectivity index (χ0v) is 11.5. The van der Waals surface area contributed by atoms with Gasteiger partial charge in [-0.2, -0.15) is 0 Å². The van der Waals surface area contributed by atoms with E-state index in [-0.39, 0.29) is 0 Å². The minimum absolute atomic E-state index is 0.323. The Morgan fingerprint density at radius 2 is 2.17 bits per heavy atom. The molecule has 1 saturated carbocycles. The van der Waals surface area contributed by atoms with Gasteiger partial charge in [0.25, 0.3) is 0 Å². The predicted molar refractivity (Wildman–Crippen MR) is 73.5 cm³/mol. The van der Waals surface area contributed by atoms with Crippen LogP contribution in [0.2, 0.25) is 0 Å². The number of nitrogens with zero attached hydrogens (tertiary/aromatic N) is 1. The van der Waals surface area contributed by atoms with Crippen LogP contribution in [0.5, 0.6) is 5.88 Å². The maximum Gasteiger partial charge on any atom is 0.218 e. The van der Waals surface area contributed by atoms with Gasteiger partial charge in [-0.1, -0.05) is 13.3 Å². The fourth-order valence-electron chi connectivity index (χ4n) is 2.85. The molecule has 0 spiro atoms. The lowest BCUT2D eigenvalue weighted by molar-refractivity contribution is 0.0847. The minimum Gasteiger partial charge on any atom is -0.474 e. The molecule has 0 radical (unpaired) electrons. The fraction of sp³-hybridized carbons (Fsp3) is 0.667. The number of hydrogen-bond acceptors (Lipinski definition) is 3. The molecule has 0 saturated heterocycles. The average molecular weight is 248 g/mol. The van der Waals surface area contributed by atoms with Gasteiger partial charge < -0.3 is 10.5 Å². The largest absolute Gasteiger partial charge is 0.474 e. The second-order valence-corrected chi connectivity index (χ2v) is 5.22. The monoisotopic (exact) mass is 248 g/mol. The van der Waals surface area contributed by atoms with E-state index < -0.39 is 0 Å². The molecule has 2 rings (SSSR count). The highest BCUT2D eigenvalue weighted by Crippen LogP contribution is 2.31. The number of ether oxygens (including phenoxy) is 1. The average Bonchev–Trinajstić information content (AvgIpc) is 2.40. The van der Waals surface area contributed by atoms with E-state index in [0.717, 1.165) is 17.9 Å². The maximum atomic E-state index is 6.17. The van der Waals surface area contributed by atoms with Crippen molar-refractivity contribution in [2.24, 2.45) is 11.7 Å². The van der Waals surface area contributed by atoms with Gasteiger partial charge in [-0.05, 0) is 50.2 Å². The van der Waals surface area contributed by atoms with Gasteiger partial charge >= 0.3 is 0 Å². The summed E-state index contributed by atoms with van der Waals surface area (Å²) in [5, 5.41) is 0. The summed E-state index contributed by atoms with van der Waals surface area (Å²) in [6.07, 6.45) is 8.36. The molecule has 1 aromatic rings. The van der Waals surface area contributed by atoms with Crippen LogP contribution in [0.4, 0.5) is 0 Å². The summed E-state index contributed by atoms with van der Waals surface area (Å²) in [5.74, 6) is 1.43. The molecule has 18 heavy (non-hydrogen) atoms. The first-order valence-corrected chi connectivity index (χ1v) is 7.07. The normalized spacial score (nSPS) is 23.9. The molecule has 2 atom stereocenters. The van der Waals surface area contributed by atoms with E-state index in [0.29, 0.717) is 18.6 Å². The standard InChI is InChI=1S/C15H24N2O/c1-3-12-6-4-5-7-14(12)18-15-13(10-16)11(2)8-9-17-15/h8-9,12,14H,3-7,10,16H2,1-2H3. The van der Waals surface area contributed by atoms with Crippen LogP contribution in [0.1, 0.15) is 50.2 Å². The van der Waals surface area contributed by atoms with E-state index in [4.69, 9.17) is 10.5 Å². The molecule has 1 aromatic heterocycles. The van der Waals surface area contributed by atoms with Crippen molar-refractivity contribution in [2.45, 2.75) is 58.6 Å². The van der Waals surface area contributed by atoms with Crippen molar-refractivity contribution in [1.29, 1.82) is 0 Å². The van der Waals surface area contributed by atoms with Crippen molar-refractivity contribution in [3.63, 3.8) is 0 Å². The molecule has 2 unspecified atom stereocenters. The van der Waals surface area contributed by atoms with Crippen molar-refractivity contribution in [2.75, 3.05) is 0 Å². The van der Waals surface area contributed by atoms with Crippen LogP contribution in [0.25, 0.3) is 0 Å². The smallest absolute Gasteiger partial charge is 0.218 e. The van der Waals surface area contributed by atoms with Gasteiger partial charge in [0.2, 0.25) is 5.88 Å². The van der Waals surface area contributed by atoms with Crippen LogP contribution in [0.15, 0.2) is 12.3 Å². The molecule has 1 aliphatic carbocycles. The Hall–Kier alpha value is -1.09. The molecule has 3 nitrogen and oxygen atoms in total. The summed E-state index contributed by atoms with van der Waals surface area (Å²) >= 11 is 0. The summed E-state index contributed by atoms with van der Waals surface area (Å²) in [6.45, 7) is 4.81. The third kappa shape index (κ3) is 2.83. The summed E-state index contributed by atoms with van der Waals surface area (Å²) in [5.41, 5.74) is 8.03. The number of nitrogens with two attached hydrogens (primary N) is 1. The third-order valence-electron chi connectivity index (χ3n) is 4.08. The first kappa shape index (κ1) is 13.3. The molecule has 3 heteroatoms. The van der Waals surface area contributed by atoms with E-state index >= 15 is 0 Å². The molecule has 0 bridgehead atoms. The molecular weight excluding hydrogens is 224 g/mol. The van der Waals surface area contributed by atoms with Gasteiger partial charge in [0.15, 0.2) is 0 Å². The highest BCUT2D eigenvalue weighted by molar-refractivity contribution is 5.33. The highest BCUT2D eigenvalue weighted by atomic mass is 16.5. The Kier molecular flexibility index (Phi) is 4.59. The number of aromatic nitrogens is 1. The second-order valence-electron chi connectivity index (χ2n) is 5.22. The molecule has 2 N–H and O–H groups in total. The molecule has 1 heterocycles. The fourth-order valence-corrected chi connectivity index (χ4v) is 2.85. The Morgan fingerprint density at radius 3 is 2.89 bits per heavy atom. The minimum atomic E-state index is 0.323. The lowest BCUT2D eigenvalue weighted by Crippen LogP contribution is -2.30. The van der Waals surface area contributed by atoms with Gasteiger partial charge in [-0.15, -0.1) is 0 Å². The lowest BCUT2D eigenvalue weighted by Gasteiger charge is -2.31. The van der Waals surface area contributed by atoms with E-state index in [1.807, 2.05) is 12.3 Å². The van der Waals surface area contributed by atoms with Crippen molar-refractivity contribution < 1.29 is 4.74 Å². The molecule has 0 aliphatic heterocycles. The van der Waals surface area contributed by atoms with Gasteiger partial charge in [-0.3, -0.25) is 0 Å². The van der Waals surface area contributed by atoms with Crippen molar-refractivity contribution >= 4 is 0 Å². The van der Waals surface area contributed by atoms with Gasteiger partial charge in [0, 0.05) is 18.3 Å². The number of hydrogen-bond donors (Lipinski definition) is 1. The second kappa shape index (κ2) is 6.19. The first-order chi connectivity index (χ1) is 8.76. The van der Waals surface area contributed by atoms with Crippen molar-refractivity contribution in [3.8, 4) is 5.88 Å². The van der Waals surface area contributed by atoms with E-state index in [1.54, 1.807) is 0 Å². The molecule has 0 aromatic carbocycles. The SMILES string of the molecule is CCC1CCCCC1Oc1nccc(C)c1CN. The quantitative estimate of drug-likeness (QED) is 0.890. The molecular formula is C15H24N2O. The van der Waals surface area contributed by atoms with Crippen LogP contribution in [-0.2, 0) is 6.54 Å². The van der Waals surface area contributed by atoms with E-state index in [2.05, 4.69) is 18.8 Å². The Bertz CT molecular complexity index is 392. The van der Waals surface area contributed by atoms with Crippen LogP contribution in [0, 0.1) is 12.8 Å². The zero-order chi connectivity index (χ0) is 13.0. The van der Waals surface area contributed by atoms with Gasteiger partial charge in [0.05, 0.1) is 0 Å². The van der Waals surface area contributed by atoms with Crippen LogP contribution < -0.4 is 10.5 Å². The Morgan fingerprint density at radius 1 is 1.39 bits per heavy atom. The predicted octanol–water partition coefficient (Wildman–Crippen LogP) is 3.20. The third-order valence-corrected chi connectivity index (χ3v) is 4.08. The number of aryl methyl sites for hydroxylation is 1. The van der Waals surface area contributed by atoms with Gasteiger partial charge in [-0.25, -0.2) is 4.98 Å². The topological polar surface area (TPSA) is 48.1 Å². The number of rotatable bonds is 4. The molecule has 0 amide bonds. The Labute approximate surface area is 110 Å². The van der Waals surface area contributed by atoms with Crippen molar-refractivity contribution in [3.05, 3.63) is 23.4 Å². The molecule has 100 valence electrons. The van der Waals surface area contributed by atoms with E-state index in [1.165, 1.54) is 31.2 Å². The maximum absolute atomic E-state index is 6.17. The van der Waals surface area contributed by atoms with Gasteiger partial charge in [0.1, 0.15) is 6.10 Å². The summed E-state index contributed by atoms with van der Waals surface area (Å²) in [4.78, 5) is 4.37. The molecule has 1 fully saturated rings. The molecule has 1 aliphatic rings. The zero-order valence-electron chi connectivity index (χ0n) is 11.5. The van der Waals surface area contributed by atoms with E-state index in [9.17, 15) is 0 Å². The first-order valence-electron chi connectivity index (χ1n) is 7.07. The van der Waals surface area contributed by atoms with Crippen LogP contribution in [0.3, 0.4) is 0 Å². The van der Waals surface area contributed by atoms with Crippen molar-refractivity contribution in [1.82, 2.24) is 4.98 Å². The number of pyridine rings is 1. The Balaban J connectivity index is 2.15. The lowest BCUT2D eigenvalue weighted by atomic mass is 9.85. The highest BCUT2D eigenvalue weighted by Gasteiger charge is 2.26.